The Morgan fingerprint density at radius 2 is 2.00 bits per heavy atom. The number of nitrogens with zero attached hydrogens (tertiary/aromatic N) is 1. The first-order valence-electron chi connectivity index (χ1n) is 10.3. The molecule has 0 aromatic carbocycles. The lowest BCUT2D eigenvalue weighted by atomic mass is 9.82. The third kappa shape index (κ3) is 8.04. The summed E-state index contributed by atoms with van der Waals surface area (Å²) in [7, 11) is 0. The van der Waals surface area contributed by atoms with Crippen LogP contribution in [0, 0.1) is 11.8 Å². The van der Waals surface area contributed by atoms with Gasteiger partial charge < -0.3 is 20.5 Å². The van der Waals surface area contributed by atoms with Crippen LogP contribution in [0.5, 0.6) is 0 Å². The molecule has 2 unspecified atom stereocenters. The van der Waals surface area contributed by atoms with E-state index in [1.54, 1.807) is 12.1 Å². The van der Waals surface area contributed by atoms with Gasteiger partial charge in [0.05, 0.1) is 6.42 Å². The van der Waals surface area contributed by atoms with E-state index >= 15 is 0 Å². The Morgan fingerprint density at radius 1 is 1.28 bits per heavy atom. The third-order valence-corrected chi connectivity index (χ3v) is 6.62. The summed E-state index contributed by atoms with van der Waals surface area (Å²) in [5.41, 5.74) is 0.316. The number of ether oxygens (including phenoxy) is 1. The molecule has 1 aromatic rings. The van der Waals surface area contributed by atoms with Crippen molar-refractivity contribution in [1.82, 2.24) is 15.6 Å². The maximum absolute atomic E-state index is 13.4. The van der Waals surface area contributed by atoms with Crippen molar-refractivity contribution in [3.8, 4) is 0 Å². The van der Waals surface area contributed by atoms with Crippen LogP contribution in [0.4, 0.5) is 0 Å². The highest BCUT2D eigenvalue weighted by molar-refractivity contribution is 8.00. The Labute approximate surface area is 189 Å². The molecule has 1 saturated heterocycles. The summed E-state index contributed by atoms with van der Waals surface area (Å²) in [4.78, 5) is 63.0. The fourth-order valence-electron chi connectivity index (χ4n) is 3.62. The number of piperidine rings is 1. The third-order valence-electron chi connectivity index (χ3n) is 5.08. The van der Waals surface area contributed by atoms with E-state index in [9.17, 15) is 24.0 Å². The molecule has 174 valence electrons. The summed E-state index contributed by atoms with van der Waals surface area (Å²) >= 11 is 1.48. The van der Waals surface area contributed by atoms with Gasteiger partial charge in [0.25, 0.3) is 0 Å². The van der Waals surface area contributed by atoms with Crippen LogP contribution in [0.2, 0.25) is 0 Å². The topological polar surface area (TPSA) is 152 Å². The lowest BCUT2D eigenvalue weighted by molar-refractivity contribution is -0.171. The Balaban J connectivity index is 2.27. The molecule has 10 nitrogen and oxygen atoms in total. The molecule has 1 amide bonds. The zero-order valence-electron chi connectivity index (χ0n) is 17.7. The van der Waals surface area contributed by atoms with Crippen molar-refractivity contribution in [2.75, 3.05) is 25.4 Å². The molecule has 3 N–H and O–H groups in total. The predicted molar refractivity (Wildman–Crippen MR) is 116 cm³/mol. The van der Waals surface area contributed by atoms with Crippen molar-refractivity contribution in [2.24, 2.45) is 11.8 Å². The zero-order valence-corrected chi connectivity index (χ0v) is 18.6. The molecule has 1 aliphatic rings. The van der Waals surface area contributed by atoms with E-state index in [0.717, 1.165) is 25.9 Å². The standard InChI is InChI=1S/C21H27N3O7S/c1-13(25)24-9-10-32-19(14-4-7-22-8-5-14)16(11-17(26)31-21(30)20(28)29)18(27)15-3-2-6-23-12-15/h2-3,6,12,14,16,19,22H,4-5,7-11H2,1H3,(H,24,25)(H,28,29). The Bertz CT molecular complexity index is 828. The lowest BCUT2D eigenvalue weighted by Gasteiger charge is -2.35. The van der Waals surface area contributed by atoms with Crippen molar-refractivity contribution < 1.29 is 33.8 Å². The van der Waals surface area contributed by atoms with E-state index in [4.69, 9.17) is 5.11 Å². The Morgan fingerprint density at radius 3 is 2.59 bits per heavy atom. The molecule has 32 heavy (non-hydrogen) atoms. The lowest BCUT2D eigenvalue weighted by Crippen LogP contribution is -2.40. The normalized spacial score (nSPS) is 15.9. The number of hydrogen-bond acceptors (Lipinski definition) is 9. The van der Waals surface area contributed by atoms with Crippen molar-refractivity contribution in [1.29, 1.82) is 0 Å². The molecule has 0 radical (unpaired) electrons. The van der Waals surface area contributed by atoms with Crippen LogP contribution >= 0.6 is 11.8 Å². The number of carbonyl (C=O) groups excluding carboxylic acids is 4. The van der Waals surface area contributed by atoms with E-state index in [-0.39, 0.29) is 22.9 Å². The maximum Gasteiger partial charge on any atom is 0.424 e. The first-order valence-corrected chi connectivity index (χ1v) is 11.3. The maximum atomic E-state index is 13.4. The van der Waals surface area contributed by atoms with Gasteiger partial charge in [0.1, 0.15) is 0 Å². The van der Waals surface area contributed by atoms with Gasteiger partial charge in [0, 0.05) is 48.3 Å². The fraction of sp³-hybridized carbons (Fsp3) is 0.524. The second-order valence-electron chi connectivity index (χ2n) is 7.39. The number of carboxylic acids is 1. The number of aliphatic carboxylic acids is 1. The van der Waals surface area contributed by atoms with E-state index in [2.05, 4.69) is 20.4 Å². The number of Topliss-reactive ketones (excluding diaryl/α,β-unsaturated/α-hetero) is 1. The first-order chi connectivity index (χ1) is 15.3. The number of nitrogens with one attached hydrogen (secondary N) is 2. The second kappa shape index (κ2) is 12.9. The molecular formula is C21H27N3O7S. The van der Waals surface area contributed by atoms with Gasteiger partial charge >= 0.3 is 17.9 Å². The average Bonchev–Trinajstić information content (AvgIpc) is 2.78. The molecule has 0 bridgehead atoms. The fourth-order valence-corrected chi connectivity index (χ4v) is 5.11. The highest BCUT2D eigenvalue weighted by atomic mass is 32.2. The van der Waals surface area contributed by atoms with Crippen LogP contribution in [-0.4, -0.2) is 70.3 Å². The molecule has 1 fully saturated rings. The number of pyridine rings is 1. The zero-order chi connectivity index (χ0) is 23.5. The molecule has 2 atom stereocenters. The van der Waals surface area contributed by atoms with Crippen LogP contribution in [0.25, 0.3) is 0 Å². The monoisotopic (exact) mass is 465 g/mol. The molecule has 0 spiro atoms. The average molecular weight is 466 g/mol. The van der Waals surface area contributed by atoms with Crippen molar-refractivity contribution >= 4 is 41.4 Å². The molecule has 0 saturated carbocycles. The van der Waals surface area contributed by atoms with Crippen molar-refractivity contribution in [3.05, 3.63) is 30.1 Å². The van der Waals surface area contributed by atoms with Crippen LogP contribution in [-0.2, 0) is 23.9 Å². The van der Waals surface area contributed by atoms with Crippen molar-refractivity contribution in [3.63, 3.8) is 0 Å². The predicted octanol–water partition coefficient (Wildman–Crippen LogP) is 0.663. The summed E-state index contributed by atoms with van der Waals surface area (Å²) < 4.78 is 4.40. The second-order valence-corrected chi connectivity index (χ2v) is 8.67. The van der Waals surface area contributed by atoms with Crippen LogP contribution in [0.3, 0.4) is 0 Å². The summed E-state index contributed by atoms with van der Waals surface area (Å²) in [6, 6.07) is 3.21. The number of hydrogen-bond donors (Lipinski definition) is 3. The van der Waals surface area contributed by atoms with E-state index < -0.39 is 30.2 Å². The minimum Gasteiger partial charge on any atom is -0.473 e. The SMILES string of the molecule is CC(=O)NCCSC(C1CCNCC1)C(CC(=O)OC(=O)C(=O)O)C(=O)c1cccnc1. The summed E-state index contributed by atoms with van der Waals surface area (Å²) in [5, 5.41) is 14.4. The smallest absolute Gasteiger partial charge is 0.424 e. The van der Waals surface area contributed by atoms with Gasteiger partial charge in [-0.1, -0.05) is 0 Å². The van der Waals surface area contributed by atoms with Gasteiger partial charge in [-0.3, -0.25) is 19.4 Å². The highest BCUT2D eigenvalue weighted by Crippen LogP contribution is 2.36. The van der Waals surface area contributed by atoms with Gasteiger partial charge in [-0.25, -0.2) is 9.59 Å². The largest absolute Gasteiger partial charge is 0.473 e. The molecule has 1 aromatic heterocycles. The molecule has 2 heterocycles. The van der Waals surface area contributed by atoms with E-state index in [1.165, 1.54) is 31.1 Å². The summed E-state index contributed by atoms with van der Waals surface area (Å²) in [6.07, 6.45) is 4.08. The number of aromatic nitrogens is 1. The van der Waals surface area contributed by atoms with Gasteiger partial charge in [0.15, 0.2) is 5.78 Å². The van der Waals surface area contributed by atoms with Gasteiger partial charge in [-0.05, 0) is 44.0 Å². The van der Waals surface area contributed by atoms with Gasteiger partial charge in [-0.2, -0.15) is 11.8 Å². The number of amides is 1. The minimum atomic E-state index is -1.88. The Kier molecular flexibility index (Phi) is 10.3. The van der Waals surface area contributed by atoms with Crippen LogP contribution in [0.15, 0.2) is 24.5 Å². The number of carbonyl (C=O) groups is 5. The highest BCUT2D eigenvalue weighted by Gasteiger charge is 2.38. The minimum absolute atomic E-state index is 0.104. The van der Waals surface area contributed by atoms with Gasteiger partial charge in [-0.15, -0.1) is 0 Å². The molecule has 11 heteroatoms. The number of esters is 2. The summed E-state index contributed by atoms with van der Waals surface area (Å²) in [5.74, 6) is -5.34. The van der Waals surface area contributed by atoms with Crippen molar-refractivity contribution in [2.45, 2.75) is 31.4 Å². The number of rotatable bonds is 10. The number of carboxylic acid groups (broad SMARTS) is 1. The molecule has 0 aliphatic carbocycles. The first kappa shape index (κ1) is 25.5. The number of ketones is 1. The van der Waals surface area contributed by atoms with E-state index in [0.29, 0.717) is 17.9 Å². The Hall–Kier alpha value is -2.79. The van der Waals surface area contributed by atoms with E-state index in [1.807, 2.05) is 0 Å². The van der Waals surface area contributed by atoms with Crippen LogP contribution < -0.4 is 10.6 Å². The molecule has 2 rings (SSSR count). The summed E-state index contributed by atoms with van der Waals surface area (Å²) in [6.45, 7) is 3.35. The molecular weight excluding hydrogens is 438 g/mol. The van der Waals surface area contributed by atoms with Gasteiger partial charge in [0.2, 0.25) is 5.91 Å². The molecule has 1 aliphatic heterocycles. The van der Waals surface area contributed by atoms with Crippen LogP contribution in [0.1, 0.15) is 36.5 Å². The number of thioether (sulfide) groups is 1. The quantitative estimate of drug-likeness (QED) is 0.148.